The Morgan fingerprint density at radius 1 is 1.56 bits per heavy atom. The maximum Gasteiger partial charge on any atom is 0.306 e. The summed E-state index contributed by atoms with van der Waals surface area (Å²) in [5.74, 6) is 1.27. The van der Waals surface area contributed by atoms with E-state index in [0.717, 1.165) is 12.4 Å². The van der Waals surface area contributed by atoms with Crippen LogP contribution in [-0.4, -0.2) is 46.3 Å². The lowest BCUT2D eigenvalue weighted by atomic mass is 10.2. The zero-order valence-corrected chi connectivity index (χ0v) is 11.6. The highest BCUT2D eigenvalue weighted by Crippen LogP contribution is 2.04. The maximum absolute atomic E-state index is 11.0. The number of methoxy groups -OCH3 is 1. The highest BCUT2D eigenvalue weighted by Gasteiger charge is 2.10. The van der Waals surface area contributed by atoms with Crippen LogP contribution in [0.4, 0.5) is 0 Å². The molecule has 0 spiro atoms. The van der Waals surface area contributed by atoms with Crippen molar-refractivity contribution in [3.05, 3.63) is 12.2 Å². The van der Waals surface area contributed by atoms with Crippen LogP contribution in [0.5, 0.6) is 0 Å². The van der Waals surface area contributed by atoms with Gasteiger partial charge in [0.2, 0.25) is 0 Å². The lowest BCUT2D eigenvalue weighted by molar-refractivity contribution is -0.140. The van der Waals surface area contributed by atoms with Crippen LogP contribution in [0, 0.1) is 5.92 Å². The smallest absolute Gasteiger partial charge is 0.306 e. The van der Waals surface area contributed by atoms with Crippen LogP contribution >= 0.6 is 0 Å². The van der Waals surface area contributed by atoms with Gasteiger partial charge >= 0.3 is 5.97 Å². The molecule has 0 aliphatic carbocycles. The number of rotatable bonds is 7. The number of aromatic nitrogens is 3. The molecule has 0 saturated heterocycles. The van der Waals surface area contributed by atoms with E-state index in [1.165, 1.54) is 7.11 Å². The topological polar surface area (TPSA) is 60.2 Å². The highest BCUT2D eigenvalue weighted by molar-refractivity contribution is 5.69. The Balaban J connectivity index is 2.46. The SMILES string of the molecule is COC(=O)CCN(C)Cc1ncnn1CC(C)C. The Labute approximate surface area is 108 Å². The average Bonchev–Trinajstić information content (AvgIpc) is 2.72. The van der Waals surface area contributed by atoms with Gasteiger partial charge in [0.05, 0.1) is 20.1 Å². The lowest BCUT2D eigenvalue weighted by Gasteiger charge is -2.16. The van der Waals surface area contributed by atoms with E-state index < -0.39 is 0 Å². The predicted octanol–water partition coefficient (Wildman–Crippen LogP) is 0.929. The van der Waals surface area contributed by atoms with Gasteiger partial charge < -0.3 is 4.74 Å². The predicted molar refractivity (Wildman–Crippen MR) is 67.8 cm³/mol. The van der Waals surface area contributed by atoms with Crippen LogP contribution in [0.3, 0.4) is 0 Å². The molecule has 0 aliphatic rings. The summed E-state index contributed by atoms with van der Waals surface area (Å²) in [5, 5.41) is 4.21. The number of ether oxygens (including phenoxy) is 1. The van der Waals surface area contributed by atoms with Gasteiger partial charge in [-0.05, 0) is 13.0 Å². The molecule has 0 saturated carbocycles. The van der Waals surface area contributed by atoms with Crippen molar-refractivity contribution in [2.75, 3.05) is 20.7 Å². The van der Waals surface area contributed by atoms with Gasteiger partial charge in [-0.2, -0.15) is 5.10 Å². The molecule has 102 valence electrons. The molecular weight excluding hydrogens is 232 g/mol. The molecule has 0 bridgehead atoms. The molecule has 0 radical (unpaired) electrons. The Morgan fingerprint density at radius 2 is 2.28 bits per heavy atom. The number of carbonyl (C=O) groups excluding carboxylic acids is 1. The fourth-order valence-corrected chi connectivity index (χ4v) is 1.61. The maximum atomic E-state index is 11.0. The number of carbonyl (C=O) groups is 1. The largest absolute Gasteiger partial charge is 0.469 e. The summed E-state index contributed by atoms with van der Waals surface area (Å²) in [7, 11) is 3.36. The number of esters is 1. The third-order valence-corrected chi connectivity index (χ3v) is 2.57. The van der Waals surface area contributed by atoms with E-state index in [1.54, 1.807) is 6.33 Å². The molecule has 1 aromatic heterocycles. The fourth-order valence-electron chi connectivity index (χ4n) is 1.61. The zero-order valence-electron chi connectivity index (χ0n) is 11.6. The highest BCUT2D eigenvalue weighted by atomic mass is 16.5. The Bertz CT molecular complexity index is 376. The minimum Gasteiger partial charge on any atom is -0.469 e. The van der Waals surface area contributed by atoms with Crippen molar-refractivity contribution in [2.45, 2.75) is 33.4 Å². The second-order valence-electron chi connectivity index (χ2n) is 4.82. The van der Waals surface area contributed by atoms with Crippen molar-refractivity contribution in [1.82, 2.24) is 19.7 Å². The van der Waals surface area contributed by atoms with Gasteiger partial charge in [0.15, 0.2) is 0 Å². The molecule has 0 fully saturated rings. The lowest BCUT2D eigenvalue weighted by Crippen LogP contribution is -2.24. The Kier molecular flexibility index (Phi) is 5.77. The molecule has 0 atom stereocenters. The Morgan fingerprint density at radius 3 is 2.89 bits per heavy atom. The number of hydrogen-bond acceptors (Lipinski definition) is 5. The van der Waals surface area contributed by atoms with Gasteiger partial charge in [0.1, 0.15) is 12.2 Å². The molecule has 0 amide bonds. The molecule has 18 heavy (non-hydrogen) atoms. The molecule has 0 unspecified atom stereocenters. The normalized spacial score (nSPS) is 11.2. The Hall–Kier alpha value is -1.43. The van der Waals surface area contributed by atoms with Gasteiger partial charge in [-0.1, -0.05) is 13.8 Å². The summed E-state index contributed by atoms with van der Waals surface area (Å²) in [6.07, 6.45) is 1.97. The van der Waals surface area contributed by atoms with Crippen LogP contribution in [0.15, 0.2) is 6.33 Å². The third-order valence-electron chi connectivity index (χ3n) is 2.57. The zero-order chi connectivity index (χ0) is 13.5. The van der Waals surface area contributed by atoms with Gasteiger partial charge in [0, 0.05) is 13.1 Å². The molecule has 0 aromatic carbocycles. The molecule has 0 N–H and O–H groups in total. The summed E-state index contributed by atoms with van der Waals surface area (Å²) in [4.78, 5) is 17.3. The van der Waals surface area contributed by atoms with Gasteiger partial charge in [-0.25, -0.2) is 9.67 Å². The van der Waals surface area contributed by atoms with Crippen molar-refractivity contribution in [2.24, 2.45) is 5.92 Å². The van der Waals surface area contributed by atoms with Crippen LogP contribution in [0.25, 0.3) is 0 Å². The second kappa shape index (κ2) is 7.10. The van der Waals surface area contributed by atoms with Gasteiger partial charge in [-0.15, -0.1) is 0 Å². The monoisotopic (exact) mass is 254 g/mol. The molecule has 6 nitrogen and oxygen atoms in total. The van der Waals surface area contributed by atoms with Crippen LogP contribution in [0.1, 0.15) is 26.1 Å². The average molecular weight is 254 g/mol. The first-order valence-corrected chi connectivity index (χ1v) is 6.15. The van der Waals surface area contributed by atoms with Crippen molar-refractivity contribution in [1.29, 1.82) is 0 Å². The van der Waals surface area contributed by atoms with Gasteiger partial charge in [0.25, 0.3) is 0 Å². The number of nitrogens with zero attached hydrogens (tertiary/aromatic N) is 4. The number of hydrogen-bond donors (Lipinski definition) is 0. The minimum atomic E-state index is -0.189. The van der Waals surface area contributed by atoms with Crippen LogP contribution < -0.4 is 0 Å². The quantitative estimate of drug-likeness (QED) is 0.677. The van der Waals surface area contributed by atoms with E-state index in [1.807, 2.05) is 16.6 Å². The van der Waals surface area contributed by atoms with Crippen LogP contribution in [-0.2, 0) is 22.6 Å². The van der Waals surface area contributed by atoms with E-state index in [0.29, 0.717) is 25.4 Å². The molecule has 1 rings (SSSR count). The van der Waals surface area contributed by atoms with Gasteiger partial charge in [-0.3, -0.25) is 9.69 Å². The first-order chi connectivity index (χ1) is 8.52. The van der Waals surface area contributed by atoms with Crippen molar-refractivity contribution in [3.8, 4) is 0 Å². The summed E-state index contributed by atoms with van der Waals surface area (Å²) in [6, 6.07) is 0. The van der Waals surface area contributed by atoms with E-state index in [2.05, 4.69) is 28.7 Å². The van der Waals surface area contributed by atoms with Crippen molar-refractivity contribution < 1.29 is 9.53 Å². The minimum absolute atomic E-state index is 0.189. The van der Waals surface area contributed by atoms with E-state index in [-0.39, 0.29) is 5.97 Å². The van der Waals surface area contributed by atoms with Crippen LogP contribution in [0.2, 0.25) is 0 Å². The molecule has 0 aliphatic heterocycles. The van der Waals surface area contributed by atoms with E-state index >= 15 is 0 Å². The first-order valence-electron chi connectivity index (χ1n) is 6.15. The summed E-state index contributed by atoms with van der Waals surface area (Å²) >= 11 is 0. The third kappa shape index (κ3) is 4.83. The summed E-state index contributed by atoms with van der Waals surface area (Å²) in [5.41, 5.74) is 0. The molecule has 1 heterocycles. The standard InChI is InChI=1S/C12H22N4O2/c1-10(2)7-16-11(13-9-14-16)8-15(3)6-5-12(17)18-4/h9-10H,5-8H2,1-4H3. The first kappa shape index (κ1) is 14.6. The van der Waals surface area contributed by atoms with Crippen molar-refractivity contribution >= 4 is 5.97 Å². The van der Waals surface area contributed by atoms with E-state index in [4.69, 9.17) is 0 Å². The molecular formula is C12H22N4O2. The summed E-state index contributed by atoms with van der Waals surface area (Å²) < 4.78 is 6.53. The second-order valence-corrected chi connectivity index (χ2v) is 4.82. The van der Waals surface area contributed by atoms with E-state index in [9.17, 15) is 4.79 Å². The fraction of sp³-hybridized carbons (Fsp3) is 0.750. The summed E-state index contributed by atoms with van der Waals surface area (Å²) in [6.45, 7) is 6.49. The van der Waals surface area contributed by atoms with Crippen molar-refractivity contribution in [3.63, 3.8) is 0 Å². The molecule has 1 aromatic rings. The molecule has 6 heteroatoms.